The van der Waals surface area contributed by atoms with Crippen molar-refractivity contribution < 1.29 is 9.21 Å². The molecule has 3 rings (SSSR count). The van der Waals surface area contributed by atoms with Gasteiger partial charge in [-0.1, -0.05) is 29.8 Å². The van der Waals surface area contributed by atoms with Crippen LogP contribution >= 0.6 is 11.6 Å². The summed E-state index contributed by atoms with van der Waals surface area (Å²) in [5, 5.41) is 3.67. The van der Waals surface area contributed by atoms with Gasteiger partial charge in [-0.3, -0.25) is 4.79 Å². The van der Waals surface area contributed by atoms with Crippen LogP contribution in [0, 0.1) is 0 Å². The summed E-state index contributed by atoms with van der Waals surface area (Å²) in [5.74, 6) is -0.129. The van der Waals surface area contributed by atoms with Crippen molar-refractivity contribution in [3.63, 3.8) is 0 Å². The number of amides is 1. The molecule has 1 aromatic carbocycles. The van der Waals surface area contributed by atoms with Gasteiger partial charge in [0, 0.05) is 29.2 Å². The van der Waals surface area contributed by atoms with E-state index in [9.17, 15) is 4.79 Å². The van der Waals surface area contributed by atoms with Crippen molar-refractivity contribution >= 4 is 28.6 Å². The number of nitrogens with one attached hydrogen (secondary N) is 1. The highest BCUT2D eigenvalue weighted by Crippen LogP contribution is 2.25. The molecule has 2 heterocycles. The number of benzene rings is 1. The summed E-state index contributed by atoms with van der Waals surface area (Å²) in [5.41, 5.74) is 2.78. The largest absolute Gasteiger partial charge is 0.463 e. The highest BCUT2D eigenvalue weighted by Gasteiger charge is 2.21. The Bertz CT molecular complexity index is 855. The lowest BCUT2D eigenvalue weighted by atomic mass is 10.1. The molecule has 0 aliphatic carbocycles. The fourth-order valence-corrected chi connectivity index (χ4v) is 2.73. The maximum atomic E-state index is 12.6. The first-order valence-electron chi connectivity index (χ1n) is 7.48. The van der Waals surface area contributed by atoms with E-state index in [1.54, 1.807) is 12.3 Å². The van der Waals surface area contributed by atoms with Gasteiger partial charge in [0.2, 0.25) is 0 Å². The molecule has 0 unspecified atom stereocenters. The molecule has 23 heavy (non-hydrogen) atoms. The summed E-state index contributed by atoms with van der Waals surface area (Å²) in [6.07, 6.45) is 1.62. The van der Waals surface area contributed by atoms with E-state index in [4.69, 9.17) is 16.0 Å². The van der Waals surface area contributed by atoms with Crippen molar-refractivity contribution in [2.24, 2.45) is 0 Å². The predicted octanol–water partition coefficient (Wildman–Crippen LogP) is 4.46. The zero-order valence-electron chi connectivity index (χ0n) is 13.4. The smallest absolute Gasteiger partial charge is 0.268 e. The van der Waals surface area contributed by atoms with E-state index in [2.05, 4.69) is 5.32 Å². The summed E-state index contributed by atoms with van der Waals surface area (Å²) in [6, 6.07) is 11.3. The lowest BCUT2D eigenvalue weighted by Gasteiger charge is -2.21. The molecular formula is C18H19ClN2O2. The molecule has 0 aliphatic heterocycles. The van der Waals surface area contributed by atoms with Crippen LogP contribution in [0.5, 0.6) is 0 Å². The molecule has 0 fully saturated rings. The maximum Gasteiger partial charge on any atom is 0.268 e. The molecule has 5 heteroatoms. The molecule has 0 radical (unpaired) electrons. The summed E-state index contributed by atoms with van der Waals surface area (Å²) in [7, 11) is 0. The third-order valence-electron chi connectivity index (χ3n) is 3.53. The molecule has 0 spiro atoms. The van der Waals surface area contributed by atoms with Gasteiger partial charge in [-0.25, -0.2) is 0 Å². The van der Waals surface area contributed by atoms with Gasteiger partial charge in [0.1, 0.15) is 5.69 Å². The monoisotopic (exact) mass is 330 g/mol. The van der Waals surface area contributed by atoms with Crippen molar-refractivity contribution in [2.45, 2.75) is 32.9 Å². The van der Waals surface area contributed by atoms with Gasteiger partial charge in [-0.15, -0.1) is 0 Å². The molecule has 0 bridgehead atoms. The van der Waals surface area contributed by atoms with Crippen LogP contribution in [0.1, 0.15) is 36.8 Å². The van der Waals surface area contributed by atoms with Crippen molar-refractivity contribution in [3.05, 3.63) is 58.9 Å². The predicted molar refractivity (Wildman–Crippen MR) is 92.0 cm³/mol. The number of aromatic nitrogens is 1. The van der Waals surface area contributed by atoms with E-state index in [0.29, 0.717) is 22.8 Å². The lowest BCUT2D eigenvalue weighted by molar-refractivity contribution is 0.0911. The van der Waals surface area contributed by atoms with Crippen LogP contribution in [0.2, 0.25) is 5.02 Å². The van der Waals surface area contributed by atoms with E-state index >= 15 is 0 Å². The van der Waals surface area contributed by atoms with Gasteiger partial charge >= 0.3 is 0 Å². The third-order valence-corrected chi connectivity index (χ3v) is 3.90. The fourth-order valence-electron chi connectivity index (χ4n) is 2.54. The van der Waals surface area contributed by atoms with Gasteiger partial charge in [0.05, 0.1) is 11.8 Å². The third kappa shape index (κ3) is 3.27. The van der Waals surface area contributed by atoms with E-state index in [1.807, 2.05) is 55.7 Å². The Hall–Kier alpha value is -2.20. The quantitative estimate of drug-likeness (QED) is 0.770. The molecule has 0 aliphatic rings. The summed E-state index contributed by atoms with van der Waals surface area (Å²) < 4.78 is 7.39. The molecule has 4 nitrogen and oxygen atoms in total. The molecule has 0 saturated heterocycles. The lowest BCUT2D eigenvalue weighted by Crippen LogP contribution is -2.41. The van der Waals surface area contributed by atoms with Crippen LogP contribution in [0.15, 0.2) is 47.1 Å². The van der Waals surface area contributed by atoms with E-state index in [-0.39, 0.29) is 11.4 Å². The topological polar surface area (TPSA) is 47.2 Å². The zero-order valence-corrected chi connectivity index (χ0v) is 14.1. The number of halogens is 1. The molecule has 2 aromatic heterocycles. The highest BCUT2D eigenvalue weighted by molar-refractivity contribution is 6.31. The molecular weight excluding hydrogens is 312 g/mol. The Balaban J connectivity index is 2.04. The Kier molecular flexibility index (Phi) is 3.94. The Morgan fingerprint density at radius 2 is 2.00 bits per heavy atom. The molecule has 0 saturated carbocycles. The minimum Gasteiger partial charge on any atom is -0.463 e. The van der Waals surface area contributed by atoms with Gasteiger partial charge in [-0.05, 0) is 32.4 Å². The number of carbonyl (C=O) groups excluding carboxylic acids is 1. The summed E-state index contributed by atoms with van der Waals surface area (Å²) >= 11 is 6.27. The van der Waals surface area contributed by atoms with Crippen LogP contribution in [-0.4, -0.2) is 16.0 Å². The number of fused-ring (bicyclic) bond motifs is 1. The van der Waals surface area contributed by atoms with Crippen LogP contribution in [0.4, 0.5) is 0 Å². The molecule has 1 N–H and O–H groups in total. The summed E-state index contributed by atoms with van der Waals surface area (Å²) in [6.45, 7) is 6.37. The van der Waals surface area contributed by atoms with Crippen LogP contribution in [-0.2, 0) is 6.54 Å². The number of nitrogens with zero attached hydrogens (tertiary/aromatic N) is 1. The Morgan fingerprint density at radius 1 is 1.26 bits per heavy atom. The van der Waals surface area contributed by atoms with Crippen molar-refractivity contribution in [1.82, 2.24) is 9.88 Å². The van der Waals surface area contributed by atoms with Crippen molar-refractivity contribution in [3.8, 4) is 0 Å². The highest BCUT2D eigenvalue weighted by atomic mass is 35.5. The normalized spacial score (nSPS) is 11.8. The van der Waals surface area contributed by atoms with E-state index < -0.39 is 0 Å². The molecule has 3 aromatic rings. The zero-order chi connectivity index (χ0) is 16.6. The van der Waals surface area contributed by atoms with Gasteiger partial charge in [0.15, 0.2) is 5.58 Å². The first-order chi connectivity index (χ1) is 10.8. The van der Waals surface area contributed by atoms with Crippen molar-refractivity contribution in [2.75, 3.05) is 0 Å². The fraction of sp³-hybridized carbons (Fsp3) is 0.278. The Labute approximate surface area is 140 Å². The number of rotatable bonds is 3. The maximum absolute atomic E-state index is 12.6. The summed E-state index contributed by atoms with van der Waals surface area (Å²) in [4.78, 5) is 12.6. The first-order valence-corrected chi connectivity index (χ1v) is 7.85. The Morgan fingerprint density at radius 3 is 2.70 bits per heavy atom. The second-order valence-corrected chi connectivity index (χ2v) is 6.99. The van der Waals surface area contributed by atoms with Crippen LogP contribution in [0.25, 0.3) is 11.1 Å². The average molecular weight is 331 g/mol. The average Bonchev–Trinajstić information content (AvgIpc) is 3.01. The molecule has 1 amide bonds. The SMILES string of the molecule is CC(C)(C)NC(=O)c1cc2occc2n1Cc1ccccc1Cl. The van der Waals surface area contributed by atoms with Gasteiger partial charge < -0.3 is 14.3 Å². The van der Waals surface area contributed by atoms with Crippen LogP contribution in [0.3, 0.4) is 0 Å². The first kappa shape index (κ1) is 15.7. The molecule has 0 atom stereocenters. The number of carbonyl (C=O) groups is 1. The van der Waals surface area contributed by atoms with Gasteiger partial charge in [-0.2, -0.15) is 0 Å². The van der Waals surface area contributed by atoms with Crippen LogP contribution < -0.4 is 5.32 Å². The number of hydrogen-bond acceptors (Lipinski definition) is 2. The second kappa shape index (κ2) is 5.78. The van der Waals surface area contributed by atoms with Gasteiger partial charge in [0.25, 0.3) is 5.91 Å². The molecule has 120 valence electrons. The number of furan rings is 1. The second-order valence-electron chi connectivity index (χ2n) is 6.58. The number of hydrogen-bond donors (Lipinski definition) is 1. The minimum absolute atomic E-state index is 0.129. The standard InChI is InChI=1S/C18H19ClN2O2/c1-18(2,3)20-17(22)15-10-16-14(8-9-23-16)21(15)11-12-6-4-5-7-13(12)19/h4-10H,11H2,1-3H3,(H,20,22). The van der Waals surface area contributed by atoms with Crippen molar-refractivity contribution in [1.29, 1.82) is 0 Å². The van der Waals surface area contributed by atoms with E-state index in [0.717, 1.165) is 11.1 Å². The minimum atomic E-state index is -0.308. The van der Waals surface area contributed by atoms with E-state index in [1.165, 1.54) is 0 Å².